The first-order chi connectivity index (χ1) is 12.2. The minimum absolute atomic E-state index is 0.214. The van der Waals surface area contributed by atoms with Crippen molar-refractivity contribution in [3.8, 4) is 11.8 Å². The van der Waals surface area contributed by atoms with Crippen LogP contribution in [0.3, 0.4) is 0 Å². The first-order valence-electron chi connectivity index (χ1n) is 8.11. The van der Waals surface area contributed by atoms with Crippen molar-refractivity contribution in [2.24, 2.45) is 0 Å². The normalized spacial score (nSPS) is 16.0. The molecule has 0 bridgehead atoms. The molecule has 3 rings (SSSR count). The summed E-state index contributed by atoms with van der Waals surface area (Å²) in [7, 11) is 0. The summed E-state index contributed by atoms with van der Waals surface area (Å²) < 4.78 is 0. The topological polar surface area (TPSA) is 69.6 Å². The lowest BCUT2D eigenvalue weighted by atomic mass is 10.1. The zero-order valence-corrected chi connectivity index (χ0v) is 13.6. The van der Waals surface area contributed by atoms with Gasteiger partial charge in [-0.25, -0.2) is 5.48 Å². The summed E-state index contributed by atoms with van der Waals surface area (Å²) in [6.07, 6.45) is 1.29. The van der Waals surface area contributed by atoms with E-state index in [9.17, 15) is 9.59 Å². The molecule has 5 nitrogen and oxygen atoms in total. The number of rotatable bonds is 2. The molecule has 0 spiro atoms. The number of carbonyl (C=O) groups excluding carboxylic acids is 2. The lowest BCUT2D eigenvalue weighted by Crippen LogP contribution is -2.45. The van der Waals surface area contributed by atoms with Crippen LogP contribution < -0.4 is 5.48 Å². The lowest BCUT2D eigenvalue weighted by molar-refractivity contribution is -0.133. The smallest absolute Gasteiger partial charge is 0.266 e. The van der Waals surface area contributed by atoms with Crippen molar-refractivity contribution in [2.75, 3.05) is 6.54 Å². The number of hydroxylamine groups is 1. The number of hydrogen-bond acceptors (Lipinski definition) is 3. The van der Waals surface area contributed by atoms with Gasteiger partial charge in [0.2, 0.25) is 0 Å². The summed E-state index contributed by atoms with van der Waals surface area (Å²) in [5.41, 5.74) is 3.88. The van der Waals surface area contributed by atoms with E-state index in [4.69, 9.17) is 5.21 Å². The van der Waals surface area contributed by atoms with Gasteiger partial charge in [-0.2, -0.15) is 0 Å². The highest BCUT2D eigenvalue weighted by Crippen LogP contribution is 2.20. The average Bonchev–Trinajstić information content (AvgIpc) is 3.16. The van der Waals surface area contributed by atoms with Gasteiger partial charge in [0.1, 0.15) is 6.04 Å². The Hall–Kier alpha value is -3.10. The molecular formula is C20H18N2O3. The predicted molar refractivity (Wildman–Crippen MR) is 92.9 cm³/mol. The van der Waals surface area contributed by atoms with Crippen LogP contribution in [0.5, 0.6) is 0 Å². The molecule has 2 amide bonds. The molecule has 1 aliphatic rings. The van der Waals surface area contributed by atoms with E-state index in [-0.39, 0.29) is 5.91 Å². The van der Waals surface area contributed by atoms with E-state index in [1.807, 2.05) is 30.3 Å². The zero-order chi connectivity index (χ0) is 17.6. The number of likely N-dealkylation sites (tertiary alicyclic amines) is 1. The van der Waals surface area contributed by atoms with E-state index in [0.29, 0.717) is 18.5 Å². The van der Waals surface area contributed by atoms with Crippen LogP contribution in [0.4, 0.5) is 0 Å². The molecule has 25 heavy (non-hydrogen) atoms. The maximum atomic E-state index is 12.6. The van der Waals surface area contributed by atoms with E-state index in [1.54, 1.807) is 29.7 Å². The second kappa shape index (κ2) is 7.65. The summed E-state index contributed by atoms with van der Waals surface area (Å²) in [6, 6.07) is 16.1. The molecule has 0 radical (unpaired) electrons. The molecule has 1 fully saturated rings. The Balaban J connectivity index is 1.73. The summed E-state index contributed by atoms with van der Waals surface area (Å²) in [5.74, 6) is 5.37. The van der Waals surface area contributed by atoms with Crippen LogP contribution in [0.15, 0.2) is 54.6 Å². The van der Waals surface area contributed by atoms with Gasteiger partial charge >= 0.3 is 0 Å². The molecule has 5 heteroatoms. The minimum atomic E-state index is -0.616. The highest BCUT2D eigenvalue weighted by molar-refractivity contribution is 5.97. The third-order valence-corrected chi connectivity index (χ3v) is 4.18. The Morgan fingerprint density at radius 1 is 1.00 bits per heavy atom. The fourth-order valence-electron chi connectivity index (χ4n) is 2.88. The minimum Gasteiger partial charge on any atom is -0.327 e. The molecule has 0 aromatic heterocycles. The lowest BCUT2D eigenvalue weighted by Gasteiger charge is -2.22. The van der Waals surface area contributed by atoms with E-state index in [2.05, 4.69) is 11.8 Å². The van der Waals surface area contributed by atoms with E-state index in [1.165, 1.54) is 4.90 Å². The Bertz CT molecular complexity index is 820. The fourth-order valence-corrected chi connectivity index (χ4v) is 2.88. The SMILES string of the molecule is O=C(NO)[C@@H]1CCCN1C(=O)c1ccc(C#Cc2ccccc2)cc1. The van der Waals surface area contributed by atoms with E-state index >= 15 is 0 Å². The molecule has 1 heterocycles. The first-order valence-corrected chi connectivity index (χ1v) is 8.11. The molecular weight excluding hydrogens is 316 g/mol. The van der Waals surface area contributed by atoms with Gasteiger partial charge < -0.3 is 4.90 Å². The third-order valence-electron chi connectivity index (χ3n) is 4.18. The molecule has 2 aromatic carbocycles. The van der Waals surface area contributed by atoms with Crippen molar-refractivity contribution in [3.05, 3.63) is 71.3 Å². The monoisotopic (exact) mass is 334 g/mol. The third kappa shape index (κ3) is 3.87. The highest BCUT2D eigenvalue weighted by Gasteiger charge is 2.34. The summed E-state index contributed by atoms with van der Waals surface area (Å²) >= 11 is 0. The van der Waals surface area contributed by atoms with E-state index < -0.39 is 11.9 Å². The van der Waals surface area contributed by atoms with Crippen molar-refractivity contribution < 1.29 is 14.8 Å². The molecule has 0 unspecified atom stereocenters. The Morgan fingerprint density at radius 3 is 2.28 bits per heavy atom. The van der Waals surface area contributed by atoms with Crippen LogP contribution in [0, 0.1) is 11.8 Å². The summed E-state index contributed by atoms with van der Waals surface area (Å²) in [5, 5.41) is 8.80. The van der Waals surface area contributed by atoms with Crippen molar-refractivity contribution in [3.63, 3.8) is 0 Å². The van der Waals surface area contributed by atoms with Gasteiger partial charge in [0, 0.05) is 23.2 Å². The number of amides is 2. The number of nitrogens with one attached hydrogen (secondary N) is 1. The van der Waals surface area contributed by atoms with Gasteiger partial charge in [-0.05, 0) is 49.2 Å². The average molecular weight is 334 g/mol. The standard InChI is InChI=1S/C20H18N2O3/c23-19(21-25)18-7-4-14-22(18)20(24)17-12-10-16(11-13-17)9-8-15-5-2-1-3-6-15/h1-3,5-6,10-13,18,25H,4,7,14H2,(H,21,23)/t18-/m0/s1. The van der Waals surface area contributed by atoms with Crippen LogP contribution in [-0.2, 0) is 4.79 Å². The van der Waals surface area contributed by atoms with Crippen molar-refractivity contribution in [1.82, 2.24) is 10.4 Å². The Morgan fingerprint density at radius 2 is 1.64 bits per heavy atom. The summed E-state index contributed by atoms with van der Waals surface area (Å²) in [6.45, 7) is 0.506. The first kappa shape index (κ1) is 16.7. The molecule has 1 aliphatic heterocycles. The van der Waals surface area contributed by atoms with Crippen LogP contribution >= 0.6 is 0 Å². The Labute approximate surface area is 146 Å². The van der Waals surface area contributed by atoms with Crippen molar-refractivity contribution in [1.29, 1.82) is 0 Å². The molecule has 2 N–H and O–H groups in total. The van der Waals surface area contributed by atoms with Crippen LogP contribution in [0.2, 0.25) is 0 Å². The number of benzene rings is 2. The van der Waals surface area contributed by atoms with Crippen LogP contribution in [0.25, 0.3) is 0 Å². The van der Waals surface area contributed by atoms with Crippen molar-refractivity contribution in [2.45, 2.75) is 18.9 Å². The second-order valence-electron chi connectivity index (χ2n) is 5.83. The molecule has 0 aliphatic carbocycles. The molecule has 2 aromatic rings. The zero-order valence-electron chi connectivity index (χ0n) is 13.6. The van der Waals surface area contributed by atoms with Gasteiger partial charge in [0.05, 0.1) is 0 Å². The van der Waals surface area contributed by atoms with Gasteiger partial charge in [0.15, 0.2) is 0 Å². The van der Waals surface area contributed by atoms with Crippen molar-refractivity contribution >= 4 is 11.8 Å². The van der Waals surface area contributed by atoms with Crippen LogP contribution in [0.1, 0.15) is 34.3 Å². The number of hydrogen-bond donors (Lipinski definition) is 2. The van der Waals surface area contributed by atoms with Gasteiger partial charge in [-0.3, -0.25) is 14.8 Å². The Kier molecular flexibility index (Phi) is 5.12. The second-order valence-corrected chi connectivity index (χ2v) is 5.83. The predicted octanol–water partition coefficient (Wildman–Crippen LogP) is 2.20. The van der Waals surface area contributed by atoms with Gasteiger partial charge in [0.25, 0.3) is 11.8 Å². The van der Waals surface area contributed by atoms with Gasteiger partial charge in [-0.15, -0.1) is 0 Å². The van der Waals surface area contributed by atoms with Gasteiger partial charge in [-0.1, -0.05) is 30.0 Å². The maximum absolute atomic E-state index is 12.6. The largest absolute Gasteiger partial charge is 0.327 e. The fraction of sp³-hybridized carbons (Fsp3) is 0.200. The highest BCUT2D eigenvalue weighted by atomic mass is 16.5. The molecule has 1 atom stereocenters. The summed E-state index contributed by atoms with van der Waals surface area (Å²) in [4.78, 5) is 25.8. The molecule has 126 valence electrons. The quantitative estimate of drug-likeness (QED) is 0.502. The maximum Gasteiger partial charge on any atom is 0.266 e. The van der Waals surface area contributed by atoms with E-state index in [0.717, 1.165) is 17.5 Å². The number of nitrogens with zero attached hydrogens (tertiary/aromatic N) is 1. The van der Waals surface area contributed by atoms with Crippen LogP contribution in [-0.4, -0.2) is 34.5 Å². The molecule has 0 saturated carbocycles. The number of carbonyl (C=O) groups is 2. The molecule has 1 saturated heterocycles.